The van der Waals surface area contributed by atoms with Crippen LogP contribution in [0.2, 0.25) is 0 Å². The first-order valence-electron chi connectivity index (χ1n) is 4.22. The van der Waals surface area contributed by atoms with Gasteiger partial charge in [-0.3, -0.25) is 0 Å². The van der Waals surface area contributed by atoms with Crippen LogP contribution < -0.4 is 4.74 Å². The van der Waals surface area contributed by atoms with Gasteiger partial charge in [-0.1, -0.05) is 6.92 Å². The summed E-state index contributed by atoms with van der Waals surface area (Å²) in [5.74, 6) is 0.0624. The van der Waals surface area contributed by atoms with Gasteiger partial charge in [0.15, 0.2) is 15.5 Å². The van der Waals surface area contributed by atoms with Gasteiger partial charge in [-0.05, 0) is 6.07 Å². The van der Waals surface area contributed by atoms with E-state index in [1.807, 2.05) is 0 Å². The summed E-state index contributed by atoms with van der Waals surface area (Å²) in [6.45, 7) is 1.50. The second kappa shape index (κ2) is 4.28. The van der Waals surface area contributed by atoms with Gasteiger partial charge in [0, 0.05) is 6.20 Å². The maximum Gasteiger partial charge on any atom is 0.184 e. The molecule has 0 amide bonds. The van der Waals surface area contributed by atoms with E-state index in [2.05, 4.69) is 4.98 Å². The van der Waals surface area contributed by atoms with E-state index in [9.17, 15) is 8.42 Å². The molecular formula is C9H10N2O3S. The first-order valence-corrected chi connectivity index (χ1v) is 5.88. The topological polar surface area (TPSA) is 80.1 Å². The van der Waals surface area contributed by atoms with E-state index in [1.165, 1.54) is 26.3 Å². The third kappa shape index (κ3) is 2.07. The highest BCUT2D eigenvalue weighted by Gasteiger charge is 2.22. The average Bonchev–Trinajstić information content (AvgIpc) is 2.27. The number of hydrogen-bond acceptors (Lipinski definition) is 5. The second-order valence-corrected chi connectivity index (χ2v) is 4.92. The Labute approximate surface area is 88.2 Å². The molecule has 0 spiro atoms. The van der Waals surface area contributed by atoms with Crippen LogP contribution in [0.15, 0.2) is 17.2 Å². The summed E-state index contributed by atoms with van der Waals surface area (Å²) in [5, 5.41) is 8.76. The van der Waals surface area contributed by atoms with E-state index in [-0.39, 0.29) is 22.1 Å². The van der Waals surface area contributed by atoms with Gasteiger partial charge in [0.2, 0.25) is 0 Å². The molecule has 0 saturated heterocycles. The molecule has 1 heterocycles. The molecule has 0 N–H and O–H groups in total. The first-order chi connectivity index (χ1) is 7.06. The van der Waals surface area contributed by atoms with Crippen molar-refractivity contribution in [3.05, 3.63) is 18.0 Å². The Hall–Kier alpha value is -1.61. The highest BCUT2D eigenvalue weighted by molar-refractivity contribution is 7.91. The molecule has 0 bridgehead atoms. The summed E-state index contributed by atoms with van der Waals surface area (Å²) in [7, 11) is -2.14. The molecule has 0 aliphatic rings. The summed E-state index contributed by atoms with van der Waals surface area (Å²) >= 11 is 0. The molecule has 5 nitrogen and oxygen atoms in total. The number of nitrogens with zero attached hydrogens (tertiary/aromatic N) is 2. The minimum absolute atomic E-state index is 0.0935. The molecule has 80 valence electrons. The van der Waals surface area contributed by atoms with Crippen LogP contribution in [-0.2, 0) is 9.84 Å². The Bertz CT molecular complexity index is 503. The fourth-order valence-corrected chi connectivity index (χ4v) is 2.26. The molecule has 0 fully saturated rings. The second-order valence-electron chi connectivity index (χ2n) is 2.71. The van der Waals surface area contributed by atoms with Crippen LogP contribution in [0, 0.1) is 11.3 Å². The average molecular weight is 226 g/mol. The van der Waals surface area contributed by atoms with E-state index in [0.717, 1.165) is 0 Å². The van der Waals surface area contributed by atoms with Crippen molar-refractivity contribution in [3.8, 4) is 11.8 Å². The van der Waals surface area contributed by atoms with Crippen molar-refractivity contribution in [3.63, 3.8) is 0 Å². The Morgan fingerprint density at radius 2 is 2.27 bits per heavy atom. The zero-order chi connectivity index (χ0) is 11.5. The lowest BCUT2D eigenvalue weighted by Crippen LogP contribution is -2.09. The van der Waals surface area contributed by atoms with E-state index in [1.54, 1.807) is 6.07 Å². The summed E-state index contributed by atoms with van der Waals surface area (Å²) in [5.41, 5.74) is -0.129. The summed E-state index contributed by atoms with van der Waals surface area (Å²) < 4.78 is 28.3. The van der Waals surface area contributed by atoms with Gasteiger partial charge in [-0.2, -0.15) is 5.26 Å². The van der Waals surface area contributed by atoms with Crippen molar-refractivity contribution in [2.45, 2.75) is 11.8 Å². The molecule has 0 unspecified atom stereocenters. The molecule has 0 atom stereocenters. The molecule has 1 rings (SSSR count). The number of pyridine rings is 1. The van der Waals surface area contributed by atoms with Gasteiger partial charge >= 0.3 is 0 Å². The van der Waals surface area contributed by atoms with Gasteiger partial charge in [0.1, 0.15) is 16.7 Å². The summed E-state index contributed by atoms with van der Waals surface area (Å²) in [4.78, 5) is 3.57. The van der Waals surface area contributed by atoms with Crippen molar-refractivity contribution in [2.24, 2.45) is 0 Å². The first kappa shape index (κ1) is 11.5. The standard InChI is InChI=1S/C9H10N2O3S/c1-3-15(12,13)9-7(6-10)11-5-4-8(9)14-2/h4-5H,3H2,1-2H3. The maximum atomic E-state index is 11.7. The molecular weight excluding hydrogens is 216 g/mol. The molecule has 1 aromatic rings. The Morgan fingerprint density at radius 1 is 1.60 bits per heavy atom. The molecule has 0 aliphatic carbocycles. The normalized spacial score (nSPS) is 10.7. The minimum Gasteiger partial charge on any atom is -0.495 e. The van der Waals surface area contributed by atoms with E-state index >= 15 is 0 Å². The number of methoxy groups -OCH3 is 1. The fraction of sp³-hybridized carbons (Fsp3) is 0.333. The SMILES string of the molecule is CCS(=O)(=O)c1c(OC)ccnc1C#N. The van der Waals surface area contributed by atoms with Gasteiger partial charge < -0.3 is 4.74 Å². The van der Waals surface area contributed by atoms with Crippen LogP contribution >= 0.6 is 0 Å². The quantitative estimate of drug-likeness (QED) is 0.760. The molecule has 1 aromatic heterocycles. The number of sulfone groups is 1. The van der Waals surface area contributed by atoms with Crippen LogP contribution in [0.1, 0.15) is 12.6 Å². The van der Waals surface area contributed by atoms with Crippen molar-refractivity contribution < 1.29 is 13.2 Å². The van der Waals surface area contributed by atoms with E-state index in [4.69, 9.17) is 10.00 Å². The Kier molecular flexibility index (Phi) is 3.27. The molecule has 6 heteroatoms. The Morgan fingerprint density at radius 3 is 2.73 bits per heavy atom. The molecule has 15 heavy (non-hydrogen) atoms. The van der Waals surface area contributed by atoms with Gasteiger partial charge in [0.05, 0.1) is 12.9 Å². The highest BCUT2D eigenvalue weighted by Crippen LogP contribution is 2.26. The van der Waals surface area contributed by atoms with Gasteiger partial charge in [-0.15, -0.1) is 0 Å². The third-order valence-corrected chi connectivity index (χ3v) is 3.66. The van der Waals surface area contributed by atoms with Crippen LogP contribution in [-0.4, -0.2) is 26.3 Å². The number of hydrogen-bond donors (Lipinski definition) is 0. The minimum atomic E-state index is -3.49. The van der Waals surface area contributed by atoms with Crippen molar-refractivity contribution in [1.82, 2.24) is 4.98 Å². The van der Waals surface area contributed by atoms with Crippen LogP contribution in [0.5, 0.6) is 5.75 Å². The number of rotatable bonds is 3. The predicted molar refractivity (Wildman–Crippen MR) is 53.2 cm³/mol. The maximum absolute atomic E-state index is 11.7. The van der Waals surface area contributed by atoms with Crippen LogP contribution in [0.25, 0.3) is 0 Å². The summed E-state index contributed by atoms with van der Waals surface area (Å²) in [6, 6.07) is 3.16. The molecule has 0 saturated carbocycles. The fourth-order valence-electron chi connectivity index (χ4n) is 1.12. The smallest absolute Gasteiger partial charge is 0.184 e. The van der Waals surface area contributed by atoms with Crippen LogP contribution in [0.3, 0.4) is 0 Å². The Balaban J connectivity index is 3.58. The van der Waals surface area contributed by atoms with Gasteiger partial charge in [0.25, 0.3) is 0 Å². The lowest BCUT2D eigenvalue weighted by atomic mass is 10.3. The lowest BCUT2D eigenvalue weighted by Gasteiger charge is -2.08. The van der Waals surface area contributed by atoms with E-state index in [0.29, 0.717) is 0 Å². The highest BCUT2D eigenvalue weighted by atomic mass is 32.2. The van der Waals surface area contributed by atoms with Crippen molar-refractivity contribution in [1.29, 1.82) is 5.26 Å². The van der Waals surface area contributed by atoms with Crippen LogP contribution in [0.4, 0.5) is 0 Å². The zero-order valence-corrected chi connectivity index (χ0v) is 9.21. The zero-order valence-electron chi connectivity index (χ0n) is 8.39. The van der Waals surface area contributed by atoms with Crippen molar-refractivity contribution >= 4 is 9.84 Å². The van der Waals surface area contributed by atoms with E-state index < -0.39 is 9.84 Å². The molecule has 0 aromatic carbocycles. The molecule has 0 radical (unpaired) electrons. The third-order valence-electron chi connectivity index (χ3n) is 1.89. The number of nitriles is 1. The number of ether oxygens (including phenoxy) is 1. The van der Waals surface area contributed by atoms with Crippen molar-refractivity contribution in [2.75, 3.05) is 12.9 Å². The number of aromatic nitrogens is 1. The van der Waals surface area contributed by atoms with Gasteiger partial charge in [-0.25, -0.2) is 13.4 Å². The largest absolute Gasteiger partial charge is 0.495 e. The molecule has 0 aliphatic heterocycles. The lowest BCUT2D eigenvalue weighted by molar-refractivity contribution is 0.401. The monoisotopic (exact) mass is 226 g/mol. The predicted octanol–water partition coefficient (Wildman–Crippen LogP) is 0.755. The summed E-state index contributed by atoms with van der Waals surface area (Å²) in [6.07, 6.45) is 1.34.